The molecule has 0 saturated carbocycles. The maximum absolute atomic E-state index is 2.25. The molecule has 2 heteroatoms. The predicted octanol–water partition coefficient (Wildman–Crippen LogP) is 7.43. The molecule has 0 saturated heterocycles. The third kappa shape index (κ3) is 6.52. The predicted molar refractivity (Wildman–Crippen MR) is 140 cm³/mol. The maximum Gasteiger partial charge on any atom is 2.00 e. The van der Waals surface area contributed by atoms with Crippen LogP contribution in [0.3, 0.4) is 0 Å². The molecule has 6 aromatic carbocycles. The molecular formula is C30H25CoP. The standard InChI is InChI=1S/C20H15P.2C5H5.Co/c1-3-11-17-15(7-1)9-5-13-19(17)21-20-14-6-10-16-8-2-4-12-18(16)20;2*1-2-4-5-3-1;/h1-14,21H;2*1-5H;/q;2*-1;+2. The summed E-state index contributed by atoms with van der Waals surface area (Å²) >= 11 is 0. The first-order valence-corrected chi connectivity index (χ1v) is 11.5. The van der Waals surface area contributed by atoms with Gasteiger partial charge in [0.1, 0.15) is 0 Å². The molecule has 0 amide bonds. The van der Waals surface area contributed by atoms with Crippen molar-refractivity contribution in [1.82, 2.24) is 0 Å². The average molecular weight is 475 g/mol. The third-order valence-electron chi connectivity index (χ3n) is 4.96. The minimum Gasteiger partial charge on any atom is -0.214 e. The summed E-state index contributed by atoms with van der Waals surface area (Å²) in [6.07, 6.45) is 0. The number of benzene rings is 4. The molecule has 1 radical (unpaired) electrons. The molecule has 0 aromatic heterocycles. The van der Waals surface area contributed by atoms with Gasteiger partial charge in [-0.05, 0) is 32.2 Å². The fourth-order valence-electron chi connectivity index (χ4n) is 3.46. The molecule has 159 valence electrons. The van der Waals surface area contributed by atoms with Gasteiger partial charge in [0.05, 0.1) is 0 Å². The topological polar surface area (TPSA) is 0 Å². The van der Waals surface area contributed by atoms with Crippen LogP contribution in [-0.2, 0) is 16.8 Å². The molecule has 0 bridgehead atoms. The van der Waals surface area contributed by atoms with Crippen molar-refractivity contribution in [3.63, 3.8) is 0 Å². The zero-order chi connectivity index (χ0) is 21.1. The SMILES string of the molecule is [Co+2].c1cc[cH-]c1.c1cc[cH-]c1.c1ccc2c(Pc3cccc4ccccc34)cccc2c1. The van der Waals surface area contributed by atoms with E-state index in [0.717, 1.165) is 0 Å². The zero-order valence-electron chi connectivity index (χ0n) is 17.7. The summed E-state index contributed by atoms with van der Waals surface area (Å²) in [6, 6.07) is 50.5. The Morgan fingerprint density at radius 1 is 0.406 bits per heavy atom. The summed E-state index contributed by atoms with van der Waals surface area (Å²) in [5.74, 6) is 0. The van der Waals surface area contributed by atoms with Crippen molar-refractivity contribution in [1.29, 1.82) is 0 Å². The van der Waals surface area contributed by atoms with E-state index >= 15 is 0 Å². The third-order valence-corrected chi connectivity index (χ3v) is 6.37. The Balaban J connectivity index is 0.000000217. The average Bonchev–Trinajstić information content (AvgIpc) is 3.59. The van der Waals surface area contributed by atoms with E-state index in [2.05, 4.69) is 84.9 Å². The molecular weight excluding hydrogens is 450 g/mol. The van der Waals surface area contributed by atoms with Crippen molar-refractivity contribution in [2.24, 2.45) is 0 Å². The van der Waals surface area contributed by atoms with Crippen LogP contribution >= 0.6 is 8.58 Å². The summed E-state index contributed by atoms with van der Waals surface area (Å²) in [5.41, 5.74) is 0. The summed E-state index contributed by atoms with van der Waals surface area (Å²) in [6.45, 7) is 0. The van der Waals surface area contributed by atoms with E-state index < -0.39 is 0 Å². The molecule has 0 nitrogen and oxygen atoms in total. The molecule has 0 heterocycles. The van der Waals surface area contributed by atoms with Crippen LogP contribution in [-0.4, -0.2) is 0 Å². The monoisotopic (exact) mass is 475 g/mol. The molecule has 0 fully saturated rings. The van der Waals surface area contributed by atoms with E-state index in [1.807, 2.05) is 60.7 Å². The fourth-order valence-corrected chi connectivity index (χ4v) is 4.83. The number of hydrogen-bond donors (Lipinski definition) is 0. The van der Waals surface area contributed by atoms with Gasteiger partial charge in [-0.15, -0.1) is 0 Å². The van der Waals surface area contributed by atoms with Crippen LogP contribution in [0.1, 0.15) is 0 Å². The van der Waals surface area contributed by atoms with Crippen molar-refractivity contribution in [2.75, 3.05) is 0 Å². The van der Waals surface area contributed by atoms with Crippen LogP contribution in [0.2, 0.25) is 0 Å². The summed E-state index contributed by atoms with van der Waals surface area (Å²) in [5, 5.41) is 8.22. The maximum atomic E-state index is 2.25. The Morgan fingerprint density at radius 3 is 1.16 bits per heavy atom. The Bertz CT molecular complexity index is 1150. The van der Waals surface area contributed by atoms with Crippen LogP contribution in [0.15, 0.2) is 146 Å². The second-order valence-corrected chi connectivity index (χ2v) is 8.43. The van der Waals surface area contributed by atoms with Gasteiger partial charge in [-0.3, -0.25) is 0 Å². The second kappa shape index (κ2) is 12.8. The smallest absolute Gasteiger partial charge is 0.214 e. The fraction of sp³-hybridized carbons (Fsp3) is 0. The van der Waals surface area contributed by atoms with Gasteiger partial charge in [0.25, 0.3) is 0 Å². The second-order valence-electron chi connectivity index (χ2n) is 7.10. The quantitative estimate of drug-likeness (QED) is 0.180. The van der Waals surface area contributed by atoms with E-state index in [0.29, 0.717) is 8.58 Å². The van der Waals surface area contributed by atoms with E-state index in [1.165, 1.54) is 32.2 Å². The molecule has 0 N–H and O–H groups in total. The van der Waals surface area contributed by atoms with Crippen molar-refractivity contribution in [2.45, 2.75) is 0 Å². The summed E-state index contributed by atoms with van der Waals surface area (Å²) in [4.78, 5) is 0. The first kappa shape index (κ1) is 23.7. The largest absolute Gasteiger partial charge is 2.00 e. The van der Waals surface area contributed by atoms with Gasteiger partial charge in [0.15, 0.2) is 0 Å². The van der Waals surface area contributed by atoms with Gasteiger partial charge in [-0.25, -0.2) is 24.3 Å². The summed E-state index contributed by atoms with van der Waals surface area (Å²) in [7, 11) is 0.684. The minimum atomic E-state index is 0. The Kier molecular flexibility index (Phi) is 9.47. The molecule has 0 aliphatic carbocycles. The van der Waals surface area contributed by atoms with E-state index in [9.17, 15) is 0 Å². The first-order valence-electron chi connectivity index (χ1n) is 10.5. The molecule has 6 aromatic rings. The van der Waals surface area contributed by atoms with Crippen molar-refractivity contribution in [3.05, 3.63) is 146 Å². The molecule has 0 unspecified atom stereocenters. The van der Waals surface area contributed by atoms with Gasteiger partial charge in [-0.1, -0.05) is 93.5 Å². The van der Waals surface area contributed by atoms with E-state index in [-0.39, 0.29) is 16.8 Å². The molecule has 32 heavy (non-hydrogen) atoms. The number of fused-ring (bicyclic) bond motifs is 2. The molecule has 0 aliphatic rings. The van der Waals surface area contributed by atoms with E-state index in [1.54, 1.807) is 0 Å². The van der Waals surface area contributed by atoms with Crippen LogP contribution < -0.4 is 10.6 Å². The van der Waals surface area contributed by atoms with Crippen molar-refractivity contribution in [3.8, 4) is 0 Å². The molecule has 0 atom stereocenters. The Morgan fingerprint density at radius 2 is 0.781 bits per heavy atom. The van der Waals surface area contributed by atoms with Crippen LogP contribution in [0.4, 0.5) is 0 Å². The Hall–Kier alpha value is -2.96. The van der Waals surface area contributed by atoms with E-state index in [4.69, 9.17) is 0 Å². The van der Waals surface area contributed by atoms with Gasteiger partial charge in [-0.2, -0.15) is 36.4 Å². The van der Waals surface area contributed by atoms with Crippen LogP contribution in [0, 0.1) is 0 Å². The normalized spacial score (nSPS) is 9.75. The van der Waals surface area contributed by atoms with Crippen LogP contribution in [0.25, 0.3) is 21.5 Å². The van der Waals surface area contributed by atoms with Crippen LogP contribution in [0.5, 0.6) is 0 Å². The molecule has 0 aliphatic heterocycles. The molecule has 0 spiro atoms. The van der Waals surface area contributed by atoms with Gasteiger partial charge in [0, 0.05) is 0 Å². The zero-order valence-corrected chi connectivity index (χ0v) is 19.7. The van der Waals surface area contributed by atoms with Gasteiger partial charge in [0.2, 0.25) is 0 Å². The van der Waals surface area contributed by atoms with Gasteiger partial charge < -0.3 is 0 Å². The van der Waals surface area contributed by atoms with Crippen molar-refractivity contribution < 1.29 is 16.8 Å². The summed E-state index contributed by atoms with van der Waals surface area (Å²) < 4.78 is 0. The molecule has 6 rings (SSSR count). The van der Waals surface area contributed by atoms with Gasteiger partial charge >= 0.3 is 16.8 Å². The minimum absolute atomic E-state index is 0. The first-order chi connectivity index (χ1) is 15.4. The number of hydrogen-bond acceptors (Lipinski definition) is 0. The Labute approximate surface area is 202 Å². The number of rotatable bonds is 2. The van der Waals surface area contributed by atoms with Crippen molar-refractivity contribution >= 4 is 40.7 Å².